The fourth-order valence-electron chi connectivity index (χ4n) is 3.83. The number of ketones is 1. The van der Waals surface area contributed by atoms with Crippen molar-refractivity contribution >= 4 is 28.8 Å². The maximum absolute atomic E-state index is 13.6. The van der Waals surface area contributed by atoms with Gasteiger partial charge in [-0.3, -0.25) is 24.6 Å². The van der Waals surface area contributed by atoms with Crippen LogP contribution in [0.4, 0.5) is 15.8 Å². The molecule has 4 rings (SSSR count). The highest BCUT2D eigenvalue weighted by Gasteiger charge is 2.47. The summed E-state index contributed by atoms with van der Waals surface area (Å²) >= 11 is 0. The second-order valence-electron chi connectivity index (χ2n) is 7.79. The lowest BCUT2D eigenvalue weighted by Gasteiger charge is -2.26. The number of nitro benzene ring substituents is 1. The predicted octanol–water partition coefficient (Wildman–Crippen LogP) is 4.98. The number of benzene rings is 3. The third kappa shape index (κ3) is 3.87. The van der Waals surface area contributed by atoms with E-state index in [0.717, 1.165) is 11.1 Å². The van der Waals surface area contributed by atoms with Gasteiger partial charge in [-0.15, -0.1) is 0 Å². The first kappa shape index (κ1) is 21.9. The summed E-state index contributed by atoms with van der Waals surface area (Å²) in [6, 6.07) is 14.6. The molecule has 0 radical (unpaired) electrons. The van der Waals surface area contributed by atoms with Crippen LogP contribution in [0.3, 0.4) is 0 Å². The fourth-order valence-corrected chi connectivity index (χ4v) is 3.83. The van der Waals surface area contributed by atoms with Crippen LogP contribution in [-0.4, -0.2) is 21.7 Å². The third-order valence-electron chi connectivity index (χ3n) is 5.75. The number of nitrogens with zero attached hydrogens (tertiary/aromatic N) is 2. The molecule has 0 bridgehead atoms. The number of non-ortho nitro benzene ring substituents is 1. The lowest BCUT2D eigenvalue weighted by atomic mass is 9.95. The number of aryl methyl sites for hydroxylation is 2. The quantitative estimate of drug-likeness (QED) is 0.200. The fraction of sp³-hybridized carbons (Fsp3) is 0.120. The number of hydrogen-bond donors (Lipinski definition) is 1. The second kappa shape index (κ2) is 8.31. The van der Waals surface area contributed by atoms with E-state index in [1.165, 1.54) is 53.4 Å². The van der Waals surface area contributed by atoms with Gasteiger partial charge in [0.1, 0.15) is 11.6 Å². The lowest BCUT2D eigenvalue weighted by Crippen LogP contribution is -2.29. The summed E-state index contributed by atoms with van der Waals surface area (Å²) in [6.45, 7) is 3.79. The SMILES string of the molecule is Cc1ccc(N2C(=O)C(=O)/C(=C(/O)c3ccc([N+](=O)[O-])cc3)C2c2ccc(F)cc2)cc1C. The monoisotopic (exact) mass is 446 g/mol. The first-order valence-corrected chi connectivity index (χ1v) is 10.1. The van der Waals surface area contributed by atoms with Crippen LogP contribution < -0.4 is 4.90 Å². The Balaban J connectivity index is 1.92. The molecule has 1 amide bonds. The second-order valence-corrected chi connectivity index (χ2v) is 7.79. The zero-order chi connectivity index (χ0) is 23.9. The molecule has 1 aliphatic rings. The van der Waals surface area contributed by atoms with Crippen LogP contribution >= 0.6 is 0 Å². The molecule has 166 valence electrons. The minimum absolute atomic E-state index is 0.144. The van der Waals surface area contributed by atoms with Crippen LogP contribution in [0, 0.1) is 29.8 Å². The molecule has 1 N–H and O–H groups in total. The summed E-state index contributed by atoms with van der Waals surface area (Å²) in [5, 5.41) is 22.0. The van der Waals surface area contributed by atoms with E-state index in [9.17, 15) is 29.2 Å². The van der Waals surface area contributed by atoms with E-state index in [4.69, 9.17) is 0 Å². The van der Waals surface area contributed by atoms with Crippen molar-refractivity contribution in [3.8, 4) is 0 Å². The number of aliphatic hydroxyl groups is 1. The van der Waals surface area contributed by atoms with E-state index in [1.54, 1.807) is 12.1 Å². The van der Waals surface area contributed by atoms with Crippen molar-refractivity contribution in [3.63, 3.8) is 0 Å². The van der Waals surface area contributed by atoms with Crippen LogP contribution in [0.1, 0.15) is 28.3 Å². The van der Waals surface area contributed by atoms with Gasteiger partial charge in [0.05, 0.1) is 16.5 Å². The molecule has 1 heterocycles. The Hall–Kier alpha value is -4.33. The smallest absolute Gasteiger partial charge is 0.300 e. The molecule has 33 heavy (non-hydrogen) atoms. The number of hydrogen-bond acceptors (Lipinski definition) is 5. The van der Waals surface area contributed by atoms with Gasteiger partial charge < -0.3 is 5.11 Å². The predicted molar refractivity (Wildman–Crippen MR) is 120 cm³/mol. The first-order valence-electron chi connectivity index (χ1n) is 10.1. The lowest BCUT2D eigenvalue weighted by molar-refractivity contribution is -0.384. The Kier molecular flexibility index (Phi) is 5.51. The van der Waals surface area contributed by atoms with Crippen molar-refractivity contribution in [2.24, 2.45) is 0 Å². The summed E-state index contributed by atoms with van der Waals surface area (Å²) in [4.78, 5) is 37.8. The molecule has 1 fully saturated rings. The summed E-state index contributed by atoms with van der Waals surface area (Å²) in [7, 11) is 0. The molecule has 1 aliphatic heterocycles. The zero-order valence-corrected chi connectivity index (χ0v) is 17.8. The van der Waals surface area contributed by atoms with Gasteiger partial charge in [0, 0.05) is 23.4 Å². The van der Waals surface area contributed by atoms with Crippen molar-refractivity contribution in [3.05, 3.63) is 110 Å². The number of Topliss-reactive ketones (excluding diaryl/α,β-unsaturated/α-hetero) is 1. The average molecular weight is 446 g/mol. The Bertz CT molecular complexity index is 1310. The van der Waals surface area contributed by atoms with Crippen LogP contribution in [0.2, 0.25) is 0 Å². The van der Waals surface area contributed by atoms with E-state index >= 15 is 0 Å². The zero-order valence-electron chi connectivity index (χ0n) is 17.8. The van der Waals surface area contributed by atoms with Gasteiger partial charge >= 0.3 is 0 Å². The van der Waals surface area contributed by atoms with E-state index in [1.807, 2.05) is 19.9 Å². The number of carbonyl (C=O) groups excluding carboxylic acids is 2. The van der Waals surface area contributed by atoms with Gasteiger partial charge in [-0.2, -0.15) is 0 Å². The summed E-state index contributed by atoms with van der Waals surface area (Å²) in [5.41, 5.74) is 2.57. The molecule has 1 atom stereocenters. The average Bonchev–Trinajstić information content (AvgIpc) is 3.06. The molecular formula is C25H19FN2O5. The van der Waals surface area contributed by atoms with Crippen LogP contribution in [-0.2, 0) is 9.59 Å². The highest BCUT2D eigenvalue weighted by Crippen LogP contribution is 2.42. The molecule has 0 aromatic heterocycles. The largest absolute Gasteiger partial charge is 0.507 e. The normalized spacial score (nSPS) is 17.4. The number of amides is 1. The highest BCUT2D eigenvalue weighted by atomic mass is 19.1. The maximum Gasteiger partial charge on any atom is 0.300 e. The maximum atomic E-state index is 13.6. The van der Waals surface area contributed by atoms with E-state index in [0.29, 0.717) is 11.3 Å². The Labute approximate surface area is 188 Å². The highest BCUT2D eigenvalue weighted by molar-refractivity contribution is 6.51. The van der Waals surface area contributed by atoms with Crippen molar-refractivity contribution in [2.75, 3.05) is 4.90 Å². The molecule has 1 saturated heterocycles. The standard InChI is InChI=1S/C25H19FN2O5/c1-14-3-10-20(13-15(14)2)27-22(16-4-8-18(26)9-5-16)21(24(30)25(27)31)23(29)17-6-11-19(12-7-17)28(32)33/h3-13,22,29H,1-2H3/b23-21+. The molecule has 3 aromatic carbocycles. The summed E-state index contributed by atoms with van der Waals surface area (Å²) in [5.74, 6) is -2.70. The van der Waals surface area contributed by atoms with Crippen molar-refractivity contribution in [1.82, 2.24) is 0 Å². The van der Waals surface area contributed by atoms with Gasteiger partial charge in [0.25, 0.3) is 17.4 Å². The molecule has 7 nitrogen and oxygen atoms in total. The Morgan fingerprint density at radius 2 is 1.61 bits per heavy atom. The minimum Gasteiger partial charge on any atom is -0.507 e. The molecule has 0 saturated carbocycles. The van der Waals surface area contributed by atoms with Crippen molar-refractivity contribution in [1.29, 1.82) is 0 Å². The van der Waals surface area contributed by atoms with E-state index in [2.05, 4.69) is 0 Å². The molecule has 0 spiro atoms. The topological polar surface area (TPSA) is 101 Å². The Morgan fingerprint density at radius 1 is 0.970 bits per heavy atom. The molecule has 8 heteroatoms. The van der Waals surface area contributed by atoms with E-state index < -0.39 is 34.2 Å². The van der Waals surface area contributed by atoms with Gasteiger partial charge in [-0.05, 0) is 66.9 Å². The van der Waals surface area contributed by atoms with Crippen LogP contribution in [0.25, 0.3) is 5.76 Å². The number of halogens is 1. The summed E-state index contributed by atoms with van der Waals surface area (Å²) < 4.78 is 13.6. The van der Waals surface area contributed by atoms with Crippen LogP contribution in [0.5, 0.6) is 0 Å². The molecule has 0 aliphatic carbocycles. The number of aliphatic hydroxyl groups excluding tert-OH is 1. The van der Waals surface area contributed by atoms with Gasteiger partial charge in [-0.1, -0.05) is 18.2 Å². The van der Waals surface area contributed by atoms with Crippen molar-refractivity contribution < 1.29 is 24.0 Å². The van der Waals surface area contributed by atoms with Gasteiger partial charge in [0.15, 0.2) is 0 Å². The van der Waals surface area contributed by atoms with Gasteiger partial charge in [0.2, 0.25) is 0 Å². The Morgan fingerprint density at radius 3 is 2.18 bits per heavy atom. The number of anilines is 1. The van der Waals surface area contributed by atoms with Crippen molar-refractivity contribution in [2.45, 2.75) is 19.9 Å². The summed E-state index contributed by atoms with van der Waals surface area (Å²) in [6.07, 6.45) is 0. The number of nitro groups is 1. The van der Waals surface area contributed by atoms with Gasteiger partial charge in [-0.25, -0.2) is 4.39 Å². The first-order chi connectivity index (χ1) is 15.7. The molecule has 3 aromatic rings. The third-order valence-corrected chi connectivity index (χ3v) is 5.75. The number of rotatable bonds is 4. The molecular weight excluding hydrogens is 427 g/mol. The minimum atomic E-state index is -1.01. The molecule has 1 unspecified atom stereocenters. The number of carbonyl (C=O) groups is 2. The van der Waals surface area contributed by atoms with E-state index in [-0.39, 0.29) is 16.8 Å². The van der Waals surface area contributed by atoms with Crippen LogP contribution in [0.15, 0.2) is 72.3 Å².